The first-order valence-electron chi connectivity index (χ1n) is 7.42. The zero-order valence-corrected chi connectivity index (χ0v) is 13.5. The van der Waals surface area contributed by atoms with E-state index in [0.717, 1.165) is 11.1 Å². The molecule has 1 N–H and O–H groups in total. The van der Waals surface area contributed by atoms with Gasteiger partial charge < -0.3 is 10.1 Å². The van der Waals surface area contributed by atoms with Crippen LogP contribution in [0.5, 0.6) is 0 Å². The van der Waals surface area contributed by atoms with Crippen molar-refractivity contribution in [2.24, 2.45) is 0 Å². The van der Waals surface area contributed by atoms with Gasteiger partial charge in [-0.05, 0) is 29.2 Å². The lowest BCUT2D eigenvalue weighted by atomic mass is 9.98. The maximum absolute atomic E-state index is 11.8. The van der Waals surface area contributed by atoms with E-state index >= 15 is 0 Å². The van der Waals surface area contributed by atoms with Gasteiger partial charge in [0.15, 0.2) is 0 Å². The zero-order valence-electron chi connectivity index (χ0n) is 12.7. The largest absolute Gasteiger partial charge is 0.449 e. The molecule has 1 aliphatic carbocycles. The number of hydrogen-bond donors (Lipinski definition) is 2. The fourth-order valence-corrected chi connectivity index (χ4v) is 2.94. The Kier molecular flexibility index (Phi) is 4.39. The van der Waals surface area contributed by atoms with Crippen molar-refractivity contribution in [2.75, 3.05) is 6.61 Å². The third kappa shape index (κ3) is 3.10. The van der Waals surface area contributed by atoms with Crippen LogP contribution in [0.25, 0.3) is 11.1 Å². The zero-order chi connectivity index (χ0) is 16.4. The minimum atomic E-state index is -0.672. The Balaban J connectivity index is 1.76. The SMILES string of the molecule is C[C@@H](NC(=O)OCC1c2ccccc2-c2ccccc21)C(=O)S. The van der Waals surface area contributed by atoms with Crippen LogP contribution < -0.4 is 5.32 Å². The minimum Gasteiger partial charge on any atom is -0.449 e. The molecule has 0 aliphatic heterocycles. The average Bonchev–Trinajstić information content (AvgIpc) is 2.87. The van der Waals surface area contributed by atoms with E-state index in [0.29, 0.717) is 0 Å². The van der Waals surface area contributed by atoms with E-state index in [2.05, 4.69) is 42.2 Å². The number of hydrogen-bond acceptors (Lipinski definition) is 3. The third-order valence-electron chi connectivity index (χ3n) is 4.05. The topological polar surface area (TPSA) is 55.4 Å². The normalized spacial score (nSPS) is 13.8. The number of ether oxygens (including phenoxy) is 1. The summed E-state index contributed by atoms with van der Waals surface area (Å²) in [4.78, 5) is 22.9. The van der Waals surface area contributed by atoms with E-state index in [9.17, 15) is 9.59 Å². The van der Waals surface area contributed by atoms with Crippen molar-refractivity contribution < 1.29 is 14.3 Å². The summed E-state index contributed by atoms with van der Waals surface area (Å²) in [6, 6.07) is 15.6. The first-order chi connectivity index (χ1) is 11.1. The van der Waals surface area contributed by atoms with E-state index in [-0.39, 0.29) is 12.5 Å². The highest BCUT2D eigenvalue weighted by molar-refractivity contribution is 7.96. The molecule has 0 unspecified atom stereocenters. The van der Waals surface area contributed by atoms with Crippen molar-refractivity contribution in [3.63, 3.8) is 0 Å². The molecule has 0 saturated heterocycles. The molecule has 0 bridgehead atoms. The minimum absolute atomic E-state index is 0.00941. The predicted molar refractivity (Wildman–Crippen MR) is 91.7 cm³/mol. The van der Waals surface area contributed by atoms with E-state index in [1.807, 2.05) is 24.3 Å². The van der Waals surface area contributed by atoms with Crippen molar-refractivity contribution in [1.82, 2.24) is 5.32 Å². The molecule has 0 radical (unpaired) electrons. The van der Waals surface area contributed by atoms with Gasteiger partial charge in [-0.25, -0.2) is 4.79 Å². The van der Waals surface area contributed by atoms with Gasteiger partial charge in [-0.15, -0.1) is 12.6 Å². The molecule has 1 amide bonds. The number of thiol groups is 1. The molecule has 0 spiro atoms. The van der Waals surface area contributed by atoms with Gasteiger partial charge in [0.25, 0.3) is 0 Å². The second-order valence-electron chi connectivity index (χ2n) is 5.53. The molecule has 0 fully saturated rings. The second kappa shape index (κ2) is 6.46. The predicted octanol–water partition coefficient (Wildman–Crippen LogP) is 3.37. The molecule has 4 nitrogen and oxygen atoms in total. The van der Waals surface area contributed by atoms with Gasteiger partial charge in [0.05, 0.1) is 6.04 Å². The Morgan fingerprint density at radius 2 is 1.61 bits per heavy atom. The number of carbonyl (C=O) groups excluding carboxylic acids is 2. The summed E-state index contributed by atoms with van der Waals surface area (Å²) in [6.07, 6.45) is -0.609. The van der Waals surface area contributed by atoms with Gasteiger partial charge in [0, 0.05) is 5.92 Å². The van der Waals surface area contributed by atoms with Crippen molar-refractivity contribution >= 4 is 23.8 Å². The van der Waals surface area contributed by atoms with Crippen molar-refractivity contribution in [3.8, 4) is 11.1 Å². The standard InChI is InChI=1S/C18H17NO3S/c1-11(17(20)23)19-18(21)22-10-16-14-8-4-2-6-12(14)13-7-3-5-9-15(13)16/h2-9,11,16H,10H2,1H3,(H,19,21)(H,20,23)/t11-/m1/s1. The molecule has 23 heavy (non-hydrogen) atoms. The fourth-order valence-electron chi connectivity index (χ4n) is 2.88. The summed E-state index contributed by atoms with van der Waals surface area (Å²) in [6.45, 7) is 1.80. The molecule has 5 heteroatoms. The second-order valence-corrected chi connectivity index (χ2v) is 5.97. The van der Waals surface area contributed by atoms with Crippen LogP contribution >= 0.6 is 12.6 Å². The molecule has 0 heterocycles. The molecular weight excluding hydrogens is 310 g/mol. The van der Waals surface area contributed by atoms with Crippen molar-refractivity contribution in [3.05, 3.63) is 59.7 Å². The average molecular weight is 327 g/mol. The first kappa shape index (κ1) is 15.6. The van der Waals surface area contributed by atoms with Crippen LogP contribution in [0.2, 0.25) is 0 Å². The Hall–Kier alpha value is -2.27. The van der Waals surface area contributed by atoms with Crippen molar-refractivity contribution in [2.45, 2.75) is 18.9 Å². The Morgan fingerprint density at radius 3 is 2.13 bits per heavy atom. The summed E-state index contributed by atoms with van der Waals surface area (Å²) >= 11 is 3.69. The van der Waals surface area contributed by atoms with Crippen LogP contribution in [0.4, 0.5) is 4.79 Å². The fraction of sp³-hybridized carbons (Fsp3) is 0.222. The maximum Gasteiger partial charge on any atom is 0.407 e. The van der Waals surface area contributed by atoms with Gasteiger partial charge in [0.1, 0.15) is 6.61 Å². The van der Waals surface area contributed by atoms with Crippen LogP contribution in [-0.2, 0) is 9.53 Å². The van der Waals surface area contributed by atoms with E-state index < -0.39 is 17.3 Å². The van der Waals surface area contributed by atoms with E-state index in [1.165, 1.54) is 11.1 Å². The first-order valence-corrected chi connectivity index (χ1v) is 7.87. The Labute approximate surface area is 140 Å². The number of fused-ring (bicyclic) bond motifs is 3. The Morgan fingerprint density at radius 1 is 1.09 bits per heavy atom. The number of amides is 1. The van der Waals surface area contributed by atoms with Gasteiger partial charge in [-0.3, -0.25) is 4.79 Å². The highest BCUT2D eigenvalue weighted by Gasteiger charge is 2.29. The molecule has 118 valence electrons. The quantitative estimate of drug-likeness (QED) is 0.847. The van der Waals surface area contributed by atoms with Gasteiger partial charge in [-0.1, -0.05) is 48.5 Å². The van der Waals surface area contributed by atoms with Gasteiger partial charge in [0.2, 0.25) is 5.12 Å². The molecule has 1 atom stereocenters. The molecule has 3 rings (SSSR count). The smallest absolute Gasteiger partial charge is 0.407 e. The van der Waals surface area contributed by atoms with Crippen LogP contribution in [0.15, 0.2) is 48.5 Å². The highest BCUT2D eigenvalue weighted by atomic mass is 32.1. The van der Waals surface area contributed by atoms with E-state index in [4.69, 9.17) is 4.74 Å². The summed E-state index contributed by atoms with van der Waals surface area (Å²) < 4.78 is 5.32. The molecule has 0 saturated carbocycles. The molecule has 0 aromatic heterocycles. The number of rotatable bonds is 4. The molecule has 2 aromatic carbocycles. The highest BCUT2D eigenvalue weighted by Crippen LogP contribution is 2.44. The third-order valence-corrected chi connectivity index (χ3v) is 4.44. The summed E-state index contributed by atoms with van der Waals surface area (Å²) in [5, 5.41) is 2.06. The number of benzene rings is 2. The summed E-state index contributed by atoms with van der Waals surface area (Å²) in [5.74, 6) is 0.00941. The Bertz CT molecular complexity index is 714. The maximum atomic E-state index is 11.8. The van der Waals surface area contributed by atoms with Crippen LogP contribution in [-0.4, -0.2) is 23.9 Å². The number of carbonyl (C=O) groups is 2. The summed E-state index contributed by atoms with van der Waals surface area (Å²) in [7, 11) is 0. The lowest BCUT2D eigenvalue weighted by Crippen LogP contribution is -2.37. The monoisotopic (exact) mass is 327 g/mol. The molecular formula is C18H17NO3S. The van der Waals surface area contributed by atoms with Gasteiger partial charge >= 0.3 is 6.09 Å². The van der Waals surface area contributed by atoms with Crippen molar-refractivity contribution in [1.29, 1.82) is 0 Å². The number of nitrogens with one attached hydrogen (secondary N) is 1. The van der Waals surface area contributed by atoms with Crippen LogP contribution in [0, 0.1) is 0 Å². The molecule has 1 aliphatic rings. The number of alkyl carbamates (subject to hydrolysis) is 1. The van der Waals surface area contributed by atoms with Crippen LogP contribution in [0.1, 0.15) is 24.0 Å². The van der Waals surface area contributed by atoms with Crippen LogP contribution in [0.3, 0.4) is 0 Å². The summed E-state index contributed by atoms with van der Waals surface area (Å²) in [5.41, 5.74) is 4.66. The molecule has 2 aromatic rings. The van der Waals surface area contributed by atoms with E-state index in [1.54, 1.807) is 6.92 Å². The lowest BCUT2D eigenvalue weighted by Gasteiger charge is -2.15. The van der Waals surface area contributed by atoms with Gasteiger partial charge in [-0.2, -0.15) is 0 Å². The lowest BCUT2D eigenvalue weighted by molar-refractivity contribution is -0.112.